The van der Waals surface area contributed by atoms with Gasteiger partial charge in [-0.25, -0.2) is 0 Å². The van der Waals surface area contributed by atoms with Gasteiger partial charge in [-0.2, -0.15) is 11.8 Å². The third kappa shape index (κ3) is 5.32. The molecule has 1 amide bonds. The van der Waals surface area contributed by atoms with E-state index in [9.17, 15) is 4.79 Å². The van der Waals surface area contributed by atoms with E-state index in [0.717, 1.165) is 11.3 Å². The number of hydrogen-bond donors (Lipinski definition) is 1. The van der Waals surface area contributed by atoms with E-state index < -0.39 is 0 Å². The summed E-state index contributed by atoms with van der Waals surface area (Å²) >= 11 is 7.87. The molecular formula is C14H20ClNOS. The molecule has 0 heterocycles. The number of benzene rings is 1. The van der Waals surface area contributed by atoms with Crippen molar-refractivity contribution in [3.8, 4) is 0 Å². The molecule has 0 aromatic heterocycles. The van der Waals surface area contributed by atoms with Crippen molar-refractivity contribution in [1.82, 2.24) is 5.32 Å². The Balaban J connectivity index is 2.46. The van der Waals surface area contributed by atoms with Crippen LogP contribution in [0.4, 0.5) is 0 Å². The number of aryl methyl sites for hydroxylation is 1. The third-order valence-corrected chi connectivity index (χ3v) is 3.88. The minimum atomic E-state index is -0.102. The topological polar surface area (TPSA) is 29.1 Å². The Morgan fingerprint density at radius 1 is 1.39 bits per heavy atom. The molecule has 0 aliphatic carbocycles. The van der Waals surface area contributed by atoms with Crippen molar-refractivity contribution in [1.29, 1.82) is 0 Å². The summed E-state index contributed by atoms with van der Waals surface area (Å²) in [6.07, 6.45) is 0. The molecule has 4 heteroatoms. The lowest BCUT2D eigenvalue weighted by Crippen LogP contribution is -2.27. The molecule has 0 aliphatic heterocycles. The van der Waals surface area contributed by atoms with Crippen LogP contribution in [0, 0.1) is 6.92 Å². The number of hydrogen-bond acceptors (Lipinski definition) is 2. The average Bonchev–Trinajstić information content (AvgIpc) is 2.22. The van der Waals surface area contributed by atoms with Crippen molar-refractivity contribution >= 4 is 29.3 Å². The highest BCUT2D eigenvalue weighted by Gasteiger charge is 2.12. The van der Waals surface area contributed by atoms with E-state index in [-0.39, 0.29) is 10.7 Å². The van der Waals surface area contributed by atoms with Crippen LogP contribution in [0.3, 0.4) is 0 Å². The number of nitrogens with one attached hydrogen (secondary N) is 1. The van der Waals surface area contributed by atoms with Gasteiger partial charge >= 0.3 is 0 Å². The Morgan fingerprint density at radius 2 is 2.06 bits per heavy atom. The fraction of sp³-hybridized carbons (Fsp3) is 0.500. The largest absolute Gasteiger partial charge is 0.351 e. The van der Waals surface area contributed by atoms with Gasteiger partial charge in [0.1, 0.15) is 0 Å². The van der Waals surface area contributed by atoms with Crippen molar-refractivity contribution in [2.24, 2.45) is 0 Å². The van der Waals surface area contributed by atoms with Crippen molar-refractivity contribution in [3.05, 3.63) is 34.3 Å². The van der Waals surface area contributed by atoms with Crippen LogP contribution in [0.25, 0.3) is 0 Å². The Morgan fingerprint density at radius 3 is 2.61 bits per heavy atom. The van der Waals surface area contributed by atoms with Gasteiger partial charge < -0.3 is 5.32 Å². The van der Waals surface area contributed by atoms with Gasteiger partial charge in [-0.3, -0.25) is 4.79 Å². The molecule has 0 bridgehead atoms. The molecule has 0 atom stereocenters. The number of carbonyl (C=O) groups is 1. The number of carbonyl (C=O) groups excluding carboxylic acids is 1. The van der Waals surface area contributed by atoms with Gasteiger partial charge in [0.25, 0.3) is 5.91 Å². The number of amides is 1. The van der Waals surface area contributed by atoms with Crippen LogP contribution in [-0.2, 0) is 0 Å². The molecule has 0 radical (unpaired) electrons. The van der Waals surface area contributed by atoms with E-state index in [0.29, 0.717) is 17.1 Å². The van der Waals surface area contributed by atoms with Crippen LogP contribution in [0.5, 0.6) is 0 Å². The first kappa shape index (κ1) is 15.4. The van der Waals surface area contributed by atoms with Gasteiger partial charge in [-0.15, -0.1) is 0 Å². The Bertz CT molecular complexity index is 426. The van der Waals surface area contributed by atoms with Gasteiger partial charge in [-0.1, -0.05) is 38.4 Å². The molecule has 0 saturated carbocycles. The maximum Gasteiger partial charge on any atom is 0.252 e. The highest BCUT2D eigenvalue weighted by atomic mass is 35.5. The molecule has 0 aliphatic rings. The number of thioether (sulfide) groups is 1. The van der Waals surface area contributed by atoms with Crippen LogP contribution >= 0.6 is 23.4 Å². The van der Waals surface area contributed by atoms with E-state index in [4.69, 9.17) is 11.6 Å². The fourth-order valence-corrected chi connectivity index (χ4v) is 2.56. The fourth-order valence-electron chi connectivity index (χ4n) is 1.42. The predicted molar refractivity (Wildman–Crippen MR) is 80.7 cm³/mol. The van der Waals surface area contributed by atoms with E-state index in [1.54, 1.807) is 12.1 Å². The van der Waals surface area contributed by atoms with Gasteiger partial charge in [0.15, 0.2) is 0 Å². The first-order chi connectivity index (χ1) is 8.29. The highest BCUT2D eigenvalue weighted by Crippen LogP contribution is 2.22. The van der Waals surface area contributed by atoms with E-state index >= 15 is 0 Å². The second kappa shape index (κ2) is 6.48. The number of halogens is 1. The summed E-state index contributed by atoms with van der Waals surface area (Å²) in [5, 5.41) is 3.40. The Kier molecular flexibility index (Phi) is 5.54. The molecule has 100 valence electrons. The lowest BCUT2D eigenvalue weighted by Gasteiger charge is -2.17. The maximum atomic E-state index is 11.9. The minimum absolute atomic E-state index is 0.102. The second-order valence-electron chi connectivity index (χ2n) is 5.20. The van der Waals surface area contributed by atoms with Gasteiger partial charge in [-0.05, 0) is 24.6 Å². The molecule has 1 rings (SSSR count). The number of rotatable bonds is 4. The summed E-state index contributed by atoms with van der Waals surface area (Å²) in [5.74, 6) is 0.799. The molecule has 1 aromatic rings. The lowest BCUT2D eigenvalue weighted by atomic mass is 10.1. The summed E-state index contributed by atoms with van der Waals surface area (Å²) in [4.78, 5) is 11.9. The van der Waals surface area contributed by atoms with E-state index in [1.165, 1.54) is 0 Å². The lowest BCUT2D eigenvalue weighted by molar-refractivity contribution is 0.0956. The summed E-state index contributed by atoms with van der Waals surface area (Å²) in [7, 11) is 0. The predicted octanol–water partition coefficient (Wildman–Crippen LogP) is 3.91. The molecule has 0 fully saturated rings. The third-order valence-electron chi connectivity index (χ3n) is 2.29. The summed E-state index contributed by atoms with van der Waals surface area (Å²) in [6.45, 7) is 9.10. The van der Waals surface area contributed by atoms with Crippen molar-refractivity contribution in [2.45, 2.75) is 32.4 Å². The van der Waals surface area contributed by atoms with Crippen molar-refractivity contribution in [3.63, 3.8) is 0 Å². The standard InChI is InChI=1S/C14H20ClNOS/c1-10-5-6-11(12(15)9-10)13(17)16-7-8-18-14(2,3)4/h5-6,9H,7-8H2,1-4H3,(H,16,17). The van der Waals surface area contributed by atoms with Gasteiger partial charge in [0, 0.05) is 17.0 Å². The SMILES string of the molecule is Cc1ccc(C(=O)NCCSC(C)(C)C)c(Cl)c1. The first-order valence-corrected chi connectivity index (χ1v) is 7.34. The minimum Gasteiger partial charge on any atom is -0.351 e. The molecule has 2 nitrogen and oxygen atoms in total. The quantitative estimate of drug-likeness (QED) is 0.850. The highest BCUT2D eigenvalue weighted by molar-refractivity contribution is 8.00. The van der Waals surface area contributed by atoms with Crippen LogP contribution in [0.2, 0.25) is 5.02 Å². The monoisotopic (exact) mass is 285 g/mol. The van der Waals surface area contributed by atoms with Gasteiger partial charge in [0.2, 0.25) is 0 Å². The normalized spacial score (nSPS) is 11.4. The van der Waals surface area contributed by atoms with Crippen LogP contribution < -0.4 is 5.32 Å². The van der Waals surface area contributed by atoms with E-state index in [1.807, 2.05) is 24.8 Å². The first-order valence-electron chi connectivity index (χ1n) is 5.98. The zero-order chi connectivity index (χ0) is 13.8. The average molecular weight is 286 g/mol. The summed E-state index contributed by atoms with van der Waals surface area (Å²) in [5.41, 5.74) is 1.60. The zero-order valence-corrected chi connectivity index (χ0v) is 12.9. The molecule has 0 saturated heterocycles. The summed E-state index contributed by atoms with van der Waals surface area (Å²) < 4.78 is 0.228. The molecule has 0 spiro atoms. The van der Waals surface area contributed by atoms with Crippen LogP contribution in [-0.4, -0.2) is 23.0 Å². The van der Waals surface area contributed by atoms with Crippen LogP contribution in [0.15, 0.2) is 18.2 Å². The summed E-state index contributed by atoms with van der Waals surface area (Å²) in [6, 6.07) is 5.47. The second-order valence-corrected chi connectivity index (χ2v) is 7.53. The van der Waals surface area contributed by atoms with Crippen LogP contribution in [0.1, 0.15) is 36.7 Å². The van der Waals surface area contributed by atoms with Crippen molar-refractivity contribution < 1.29 is 4.79 Å². The Labute approximate surface area is 118 Å². The molecule has 18 heavy (non-hydrogen) atoms. The molecule has 1 aromatic carbocycles. The Hall–Kier alpha value is -0.670. The molecular weight excluding hydrogens is 266 g/mol. The zero-order valence-electron chi connectivity index (χ0n) is 11.3. The van der Waals surface area contributed by atoms with E-state index in [2.05, 4.69) is 26.1 Å². The smallest absolute Gasteiger partial charge is 0.252 e. The maximum absolute atomic E-state index is 11.9. The van der Waals surface area contributed by atoms with Crippen molar-refractivity contribution in [2.75, 3.05) is 12.3 Å². The molecule has 0 unspecified atom stereocenters. The van der Waals surface area contributed by atoms with Gasteiger partial charge in [0.05, 0.1) is 10.6 Å². The molecule has 1 N–H and O–H groups in total.